The monoisotopic (exact) mass is 415 g/mol. The molecule has 0 saturated carbocycles. The summed E-state index contributed by atoms with van der Waals surface area (Å²) in [5.74, 6) is 0.246. The summed E-state index contributed by atoms with van der Waals surface area (Å²) in [6.45, 7) is 2.20. The third-order valence-electron chi connectivity index (χ3n) is 4.43. The number of phenolic OH excluding ortho intramolecular Hbond substituents is 1. The summed E-state index contributed by atoms with van der Waals surface area (Å²) in [6.07, 6.45) is 0. The van der Waals surface area contributed by atoms with Gasteiger partial charge in [-0.3, -0.25) is 0 Å². The van der Waals surface area contributed by atoms with Crippen molar-refractivity contribution in [1.29, 1.82) is 0 Å². The first kappa shape index (κ1) is 20.0. The Balaban J connectivity index is 1.42. The Kier molecular flexibility index (Phi) is 5.76. The second-order valence-electron chi connectivity index (χ2n) is 6.71. The van der Waals surface area contributed by atoms with Crippen molar-refractivity contribution < 1.29 is 14.6 Å². The lowest BCUT2D eigenvalue weighted by atomic mass is 9.92. The Labute approximate surface area is 179 Å². The fourth-order valence-electron chi connectivity index (χ4n) is 2.98. The third-order valence-corrected chi connectivity index (χ3v) is 5.38. The van der Waals surface area contributed by atoms with Gasteiger partial charge in [0.25, 0.3) is 0 Å². The molecule has 1 heterocycles. The Hall–Kier alpha value is -3.26. The number of hydrogen-bond acceptors (Lipinski definition) is 6. The van der Waals surface area contributed by atoms with Crippen molar-refractivity contribution in [2.75, 3.05) is 12.4 Å². The second-order valence-corrected chi connectivity index (χ2v) is 7.88. The number of nitrogens with zero attached hydrogens (tertiary/aromatic N) is 3. The molecule has 8 heteroatoms. The molecule has 30 heavy (non-hydrogen) atoms. The lowest BCUT2D eigenvalue weighted by Crippen LogP contribution is -2.09. The van der Waals surface area contributed by atoms with E-state index in [0.717, 1.165) is 10.5 Å². The van der Waals surface area contributed by atoms with E-state index in [-0.39, 0.29) is 17.2 Å². The number of phenols is 1. The zero-order chi connectivity index (χ0) is 21.1. The van der Waals surface area contributed by atoms with Crippen LogP contribution in [0.2, 0.25) is 0 Å². The predicted octanol–water partition coefficient (Wildman–Crippen LogP) is 3.18. The summed E-state index contributed by atoms with van der Waals surface area (Å²) in [5.41, 5.74) is 3.57. The van der Waals surface area contributed by atoms with Gasteiger partial charge < -0.3 is 9.84 Å². The highest BCUT2D eigenvalue weighted by atomic mass is 32.2. The molecule has 0 aliphatic carbocycles. The fraction of sp³-hybridized carbons (Fsp3) is 0.136. The fourth-order valence-corrected chi connectivity index (χ4v) is 3.74. The first-order chi connectivity index (χ1) is 14.5. The molecule has 4 aromatic rings. The number of aromatic nitrogens is 3. The summed E-state index contributed by atoms with van der Waals surface area (Å²) < 4.78 is 5.30. The molecule has 4 rings (SSSR count). The Morgan fingerprint density at radius 3 is 2.67 bits per heavy atom. The van der Waals surface area contributed by atoms with Crippen molar-refractivity contribution in [3.63, 3.8) is 0 Å². The number of ether oxygens (including phenoxy) is 1. The highest BCUT2D eigenvalue weighted by Crippen LogP contribution is 2.24. The number of carbonyl (C=O) groups excluding carboxylic acids is 1. The van der Waals surface area contributed by atoms with Gasteiger partial charge in [-0.15, -0.1) is 26.8 Å². The van der Waals surface area contributed by atoms with E-state index in [4.69, 9.17) is 12.6 Å². The van der Waals surface area contributed by atoms with E-state index >= 15 is 0 Å². The van der Waals surface area contributed by atoms with Crippen molar-refractivity contribution in [2.45, 2.75) is 11.8 Å². The van der Waals surface area contributed by atoms with Gasteiger partial charge in [0.2, 0.25) is 0 Å². The van der Waals surface area contributed by atoms with Gasteiger partial charge in [0.05, 0.1) is 5.56 Å². The van der Waals surface area contributed by atoms with E-state index in [9.17, 15) is 9.90 Å². The van der Waals surface area contributed by atoms with Crippen molar-refractivity contribution in [3.05, 3.63) is 71.8 Å². The van der Waals surface area contributed by atoms with E-state index in [2.05, 4.69) is 10.2 Å². The van der Waals surface area contributed by atoms with Crippen LogP contribution in [-0.2, 0) is 4.74 Å². The summed E-state index contributed by atoms with van der Waals surface area (Å²) in [6, 6.07) is 18.1. The number of esters is 1. The molecule has 1 N–H and O–H groups in total. The molecule has 2 radical (unpaired) electrons. The summed E-state index contributed by atoms with van der Waals surface area (Å²) in [4.78, 5) is 14.3. The number of fused-ring (bicyclic) bond motifs is 1. The number of hydrogen-bond donors (Lipinski definition) is 1. The lowest BCUT2D eigenvalue weighted by molar-refractivity contribution is 0.0530. The molecule has 0 atom stereocenters. The van der Waals surface area contributed by atoms with Crippen LogP contribution >= 0.6 is 11.8 Å². The topological polar surface area (TPSA) is 77.2 Å². The largest absolute Gasteiger partial charge is 0.506 e. The summed E-state index contributed by atoms with van der Waals surface area (Å²) in [7, 11) is 5.85. The molecule has 0 aliphatic rings. The number of aromatic hydroxyl groups is 1. The third kappa shape index (κ3) is 4.33. The SMILES string of the molecule is [B]c1cc(C)cc(-n2nc3ccc(SCCOC(=O)c4ccccc4)cc3n2)c1O. The molecule has 0 aliphatic heterocycles. The number of rotatable bonds is 6. The van der Waals surface area contributed by atoms with Crippen molar-refractivity contribution >= 4 is 42.1 Å². The molecule has 3 aromatic carbocycles. The average Bonchev–Trinajstić information content (AvgIpc) is 3.17. The van der Waals surface area contributed by atoms with E-state index < -0.39 is 0 Å². The van der Waals surface area contributed by atoms with Gasteiger partial charge in [0.1, 0.15) is 36.9 Å². The second kappa shape index (κ2) is 8.63. The normalized spacial score (nSPS) is 11.0. The first-order valence-electron chi connectivity index (χ1n) is 9.33. The molecule has 148 valence electrons. The maximum absolute atomic E-state index is 12.0. The van der Waals surface area contributed by atoms with E-state index in [1.54, 1.807) is 48.2 Å². The molecule has 0 bridgehead atoms. The van der Waals surface area contributed by atoms with Gasteiger partial charge in [-0.1, -0.05) is 29.7 Å². The zero-order valence-electron chi connectivity index (χ0n) is 16.3. The minimum atomic E-state index is -0.327. The standard InChI is InChI=1S/C22H18BN3O3S/c1-14-11-17(23)21(27)20(12-14)26-24-18-8-7-16(13-19(18)25-26)30-10-9-29-22(28)15-5-3-2-4-6-15/h2-8,11-13,27H,9-10H2,1H3. The molecule has 0 saturated heterocycles. The van der Waals surface area contributed by atoms with Crippen LogP contribution in [0.15, 0.2) is 65.6 Å². The van der Waals surface area contributed by atoms with Gasteiger partial charge in [0.15, 0.2) is 0 Å². The molecule has 0 spiro atoms. The molecule has 0 fully saturated rings. The quantitative estimate of drug-likeness (QED) is 0.226. The van der Waals surface area contributed by atoms with Gasteiger partial charge >= 0.3 is 5.97 Å². The van der Waals surface area contributed by atoms with Crippen molar-refractivity contribution in [3.8, 4) is 11.4 Å². The number of benzene rings is 3. The van der Waals surface area contributed by atoms with Crippen LogP contribution < -0.4 is 5.46 Å². The Bertz CT molecular complexity index is 1210. The molecule has 1 aromatic heterocycles. The van der Waals surface area contributed by atoms with Crippen LogP contribution in [0.25, 0.3) is 16.7 Å². The van der Waals surface area contributed by atoms with Crippen molar-refractivity contribution in [1.82, 2.24) is 15.0 Å². The molecular weight excluding hydrogens is 397 g/mol. The van der Waals surface area contributed by atoms with Crippen LogP contribution in [0, 0.1) is 6.92 Å². The van der Waals surface area contributed by atoms with Crippen LogP contribution in [0.4, 0.5) is 0 Å². The van der Waals surface area contributed by atoms with Gasteiger partial charge in [0, 0.05) is 10.6 Å². The highest BCUT2D eigenvalue weighted by Gasteiger charge is 2.12. The molecule has 0 amide bonds. The van der Waals surface area contributed by atoms with Crippen LogP contribution in [-0.4, -0.2) is 46.3 Å². The Morgan fingerprint density at radius 2 is 1.87 bits per heavy atom. The first-order valence-corrected chi connectivity index (χ1v) is 10.3. The minimum Gasteiger partial charge on any atom is -0.506 e. The van der Waals surface area contributed by atoms with Gasteiger partial charge in [-0.25, -0.2) is 4.79 Å². The smallest absolute Gasteiger partial charge is 0.338 e. The average molecular weight is 415 g/mol. The van der Waals surface area contributed by atoms with E-state index in [1.807, 2.05) is 31.2 Å². The van der Waals surface area contributed by atoms with E-state index in [1.165, 1.54) is 4.80 Å². The highest BCUT2D eigenvalue weighted by molar-refractivity contribution is 7.99. The minimum absolute atomic E-state index is 0.0456. The van der Waals surface area contributed by atoms with E-state index in [0.29, 0.717) is 34.6 Å². The number of thioether (sulfide) groups is 1. The maximum atomic E-state index is 12.0. The van der Waals surface area contributed by atoms with Gasteiger partial charge in [-0.2, -0.15) is 0 Å². The van der Waals surface area contributed by atoms with Gasteiger partial charge in [-0.05, 0) is 48.9 Å². The number of aryl methyl sites for hydroxylation is 1. The van der Waals surface area contributed by atoms with Crippen LogP contribution in [0.1, 0.15) is 15.9 Å². The molecule has 6 nitrogen and oxygen atoms in total. The van der Waals surface area contributed by atoms with Crippen LogP contribution in [0.3, 0.4) is 0 Å². The number of carbonyl (C=O) groups is 1. The molecular formula is C22H18BN3O3S. The summed E-state index contributed by atoms with van der Waals surface area (Å²) >= 11 is 1.56. The zero-order valence-corrected chi connectivity index (χ0v) is 17.1. The predicted molar refractivity (Wildman–Crippen MR) is 118 cm³/mol. The summed E-state index contributed by atoms with van der Waals surface area (Å²) in [5, 5.41) is 19.2. The lowest BCUT2D eigenvalue weighted by Gasteiger charge is -2.07. The maximum Gasteiger partial charge on any atom is 0.338 e. The van der Waals surface area contributed by atoms with Crippen LogP contribution in [0.5, 0.6) is 5.75 Å². The Morgan fingerprint density at radius 1 is 1.10 bits per heavy atom. The molecule has 0 unspecified atom stereocenters. The van der Waals surface area contributed by atoms with Crippen molar-refractivity contribution in [2.24, 2.45) is 0 Å².